The van der Waals surface area contributed by atoms with E-state index in [-0.39, 0.29) is 0 Å². The molecule has 4 atom stereocenters. The average Bonchev–Trinajstić information content (AvgIpc) is 2.04. The van der Waals surface area contributed by atoms with Crippen molar-refractivity contribution in [1.29, 1.82) is 0 Å². The maximum atomic E-state index is 5.78. The zero-order valence-corrected chi connectivity index (χ0v) is 8.05. The van der Waals surface area contributed by atoms with Gasteiger partial charge in [-0.2, -0.15) is 0 Å². The van der Waals surface area contributed by atoms with Crippen LogP contribution in [0.5, 0.6) is 0 Å². The van der Waals surface area contributed by atoms with E-state index in [1.54, 1.807) is 0 Å². The van der Waals surface area contributed by atoms with Gasteiger partial charge >= 0.3 is 0 Å². The van der Waals surface area contributed by atoms with E-state index in [9.17, 15) is 0 Å². The third-order valence-corrected chi connectivity index (χ3v) is 3.21. The second kappa shape index (κ2) is 3.35. The summed E-state index contributed by atoms with van der Waals surface area (Å²) in [6.07, 6.45) is 3.13. The molecule has 2 unspecified atom stereocenters. The van der Waals surface area contributed by atoms with Crippen LogP contribution in [0.25, 0.3) is 0 Å². The van der Waals surface area contributed by atoms with Crippen LogP contribution in [0.15, 0.2) is 0 Å². The first kappa shape index (κ1) is 8.52. The fourth-order valence-electron chi connectivity index (χ4n) is 2.75. The summed E-state index contributed by atoms with van der Waals surface area (Å²) in [5.74, 6) is 1.61. The first-order valence-electron chi connectivity index (χ1n) is 5.12. The lowest BCUT2D eigenvalue weighted by molar-refractivity contribution is -0.0629. The Morgan fingerprint density at radius 3 is 2.92 bits per heavy atom. The Hall–Kier alpha value is -0.0800. The predicted octanol–water partition coefficient (Wildman–Crippen LogP) is 1.41. The number of hydrogen-bond donors (Lipinski definition) is 1. The highest BCUT2D eigenvalue weighted by atomic mass is 16.5. The second-order valence-corrected chi connectivity index (χ2v) is 4.45. The average molecular weight is 169 g/mol. The van der Waals surface area contributed by atoms with Gasteiger partial charge in [0.1, 0.15) is 0 Å². The van der Waals surface area contributed by atoms with E-state index < -0.39 is 0 Å². The summed E-state index contributed by atoms with van der Waals surface area (Å²) in [6, 6.07) is 0.637. The molecule has 0 spiro atoms. The minimum absolute atomic E-state index is 0.495. The Morgan fingerprint density at radius 1 is 1.25 bits per heavy atom. The van der Waals surface area contributed by atoms with Crippen molar-refractivity contribution < 1.29 is 4.74 Å². The molecule has 2 aliphatic rings. The van der Waals surface area contributed by atoms with E-state index in [2.05, 4.69) is 19.2 Å². The number of nitrogens with one attached hydrogen (secondary N) is 1. The molecule has 0 aromatic heterocycles. The molecule has 1 saturated carbocycles. The van der Waals surface area contributed by atoms with E-state index in [4.69, 9.17) is 4.74 Å². The zero-order chi connectivity index (χ0) is 8.55. The van der Waals surface area contributed by atoms with Crippen molar-refractivity contribution in [2.75, 3.05) is 13.2 Å². The Balaban J connectivity index is 2.01. The molecule has 0 radical (unpaired) electrons. The number of fused-ring (bicyclic) bond motifs is 1. The quantitative estimate of drug-likeness (QED) is 0.592. The summed E-state index contributed by atoms with van der Waals surface area (Å²) in [6.45, 7) is 6.61. The summed E-state index contributed by atoms with van der Waals surface area (Å²) >= 11 is 0. The topological polar surface area (TPSA) is 21.3 Å². The predicted molar refractivity (Wildman–Crippen MR) is 49.1 cm³/mol. The molecule has 2 heteroatoms. The Morgan fingerprint density at radius 2 is 2.08 bits per heavy atom. The highest BCUT2D eigenvalue weighted by Crippen LogP contribution is 2.32. The molecular weight excluding hydrogens is 150 g/mol. The molecule has 1 heterocycles. The van der Waals surface area contributed by atoms with Crippen LogP contribution in [-0.4, -0.2) is 25.3 Å². The Bertz CT molecular complexity index is 160. The lowest BCUT2D eigenvalue weighted by Crippen LogP contribution is -2.54. The van der Waals surface area contributed by atoms with E-state index in [0.29, 0.717) is 12.1 Å². The fourth-order valence-corrected chi connectivity index (χ4v) is 2.75. The first-order valence-corrected chi connectivity index (χ1v) is 5.12. The maximum Gasteiger partial charge on any atom is 0.0754 e. The van der Waals surface area contributed by atoms with Crippen LogP contribution in [0.1, 0.15) is 26.7 Å². The van der Waals surface area contributed by atoms with E-state index in [1.807, 2.05) is 0 Å². The van der Waals surface area contributed by atoms with Gasteiger partial charge in [0, 0.05) is 12.6 Å². The van der Waals surface area contributed by atoms with Crippen LogP contribution in [0.3, 0.4) is 0 Å². The molecule has 2 nitrogen and oxygen atoms in total. The molecule has 70 valence electrons. The fraction of sp³-hybridized carbons (Fsp3) is 1.00. The number of ether oxygens (including phenoxy) is 1. The molecule has 0 amide bonds. The number of morpholine rings is 1. The van der Waals surface area contributed by atoms with Crippen molar-refractivity contribution in [2.45, 2.75) is 38.8 Å². The van der Waals surface area contributed by atoms with Crippen LogP contribution >= 0.6 is 0 Å². The molecular formula is C10H19NO. The van der Waals surface area contributed by atoms with Gasteiger partial charge in [-0.1, -0.05) is 13.8 Å². The monoisotopic (exact) mass is 169 g/mol. The van der Waals surface area contributed by atoms with E-state index in [0.717, 1.165) is 25.0 Å². The minimum Gasteiger partial charge on any atom is -0.375 e. The molecule has 0 bridgehead atoms. The molecule has 1 aliphatic heterocycles. The largest absolute Gasteiger partial charge is 0.375 e. The second-order valence-electron chi connectivity index (χ2n) is 4.45. The SMILES string of the molecule is CC1CC(C)[C@@H]2OCCN[C@@H]2C1. The van der Waals surface area contributed by atoms with Crippen molar-refractivity contribution >= 4 is 0 Å². The molecule has 12 heavy (non-hydrogen) atoms. The van der Waals surface area contributed by atoms with Gasteiger partial charge in [-0.05, 0) is 24.7 Å². The normalized spacial score (nSPS) is 48.5. The molecule has 1 N–H and O–H groups in total. The van der Waals surface area contributed by atoms with Gasteiger partial charge in [0.25, 0.3) is 0 Å². The molecule has 0 aromatic rings. The smallest absolute Gasteiger partial charge is 0.0754 e. The summed E-state index contributed by atoms with van der Waals surface area (Å²) in [5, 5.41) is 3.56. The molecule has 2 rings (SSSR count). The standard InChI is InChI=1S/C10H19NO/c1-7-5-8(2)10-9(6-7)11-3-4-12-10/h7-11H,3-6H2,1-2H3/t7?,8?,9-,10+/m1/s1. The summed E-state index contributed by atoms with van der Waals surface area (Å²) in [7, 11) is 0. The molecule has 0 aromatic carbocycles. The van der Waals surface area contributed by atoms with Gasteiger partial charge in [-0.25, -0.2) is 0 Å². The van der Waals surface area contributed by atoms with Crippen LogP contribution < -0.4 is 5.32 Å². The Kier molecular flexibility index (Phi) is 2.37. The highest BCUT2D eigenvalue weighted by molar-refractivity contribution is 4.90. The van der Waals surface area contributed by atoms with Crippen molar-refractivity contribution in [1.82, 2.24) is 5.32 Å². The van der Waals surface area contributed by atoms with Crippen molar-refractivity contribution in [2.24, 2.45) is 11.8 Å². The third kappa shape index (κ3) is 1.50. The van der Waals surface area contributed by atoms with Crippen LogP contribution in [0.2, 0.25) is 0 Å². The first-order chi connectivity index (χ1) is 5.77. The molecule has 1 saturated heterocycles. The minimum atomic E-state index is 0.495. The lowest BCUT2D eigenvalue weighted by Gasteiger charge is -2.42. The van der Waals surface area contributed by atoms with Crippen molar-refractivity contribution in [3.05, 3.63) is 0 Å². The van der Waals surface area contributed by atoms with Gasteiger partial charge in [-0.15, -0.1) is 0 Å². The Labute approximate surface area is 74.7 Å². The zero-order valence-electron chi connectivity index (χ0n) is 8.05. The highest BCUT2D eigenvalue weighted by Gasteiger charge is 2.36. The van der Waals surface area contributed by atoms with E-state index >= 15 is 0 Å². The van der Waals surface area contributed by atoms with Gasteiger partial charge in [0.05, 0.1) is 12.7 Å². The van der Waals surface area contributed by atoms with Crippen LogP contribution in [0, 0.1) is 11.8 Å². The summed E-state index contributed by atoms with van der Waals surface area (Å²) in [4.78, 5) is 0. The summed E-state index contributed by atoms with van der Waals surface area (Å²) < 4.78 is 5.78. The molecule has 2 fully saturated rings. The number of hydrogen-bond acceptors (Lipinski definition) is 2. The van der Waals surface area contributed by atoms with Crippen LogP contribution in [-0.2, 0) is 4.74 Å². The van der Waals surface area contributed by atoms with Gasteiger partial charge < -0.3 is 10.1 Å². The molecule has 1 aliphatic carbocycles. The van der Waals surface area contributed by atoms with E-state index in [1.165, 1.54) is 12.8 Å². The summed E-state index contributed by atoms with van der Waals surface area (Å²) in [5.41, 5.74) is 0. The third-order valence-electron chi connectivity index (χ3n) is 3.21. The van der Waals surface area contributed by atoms with Gasteiger partial charge in [0.15, 0.2) is 0 Å². The van der Waals surface area contributed by atoms with Crippen molar-refractivity contribution in [3.63, 3.8) is 0 Å². The van der Waals surface area contributed by atoms with Gasteiger partial charge in [-0.3, -0.25) is 0 Å². The van der Waals surface area contributed by atoms with Gasteiger partial charge in [0.2, 0.25) is 0 Å². The number of rotatable bonds is 0. The van der Waals surface area contributed by atoms with Crippen LogP contribution in [0.4, 0.5) is 0 Å². The maximum absolute atomic E-state index is 5.78. The van der Waals surface area contributed by atoms with Crippen molar-refractivity contribution in [3.8, 4) is 0 Å². The lowest BCUT2D eigenvalue weighted by atomic mass is 9.77.